The van der Waals surface area contributed by atoms with Gasteiger partial charge in [-0.1, -0.05) is 0 Å². The van der Waals surface area contributed by atoms with Crippen LogP contribution in [-0.4, -0.2) is 40.8 Å². The van der Waals surface area contributed by atoms with Crippen molar-refractivity contribution >= 4 is 5.97 Å². The number of imidazole rings is 1. The van der Waals surface area contributed by atoms with Crippen LogP contribution < -0.4 is 0 Å². The number of nitrogens with zero attached hydrogens (tertiary/aromatic N) is 6. The summed E-state index contributed by atoms with van der Waals surface area (Å²) in [5.74, 6) is 0.0282. The standard InChI is InChI=1S/C8H10N6O2/c1-5-9-3-6(8(15)16)14(5)4-7-10-12-13(2)11-7/h3H,4H2,1-2H3,(H,15,16). The van der Waals surface area contributed by atoms with Crippen molar-refractivity contribution in [1.29, 1.82) is 0 Å². The summed E-state index contributed by atoms with van der Waals surface area (Å²) >= 11 is 0. The Morgan fingerprint density at radius 2 is 2.31 bits per heavy atom. The van der Waals surface area contributed by atoms with Crippen LogP contribution >= 0.6 is 0 Å². The van der Waals surface area contributed by atoms with Crippen LogP contribution in [0.3, 0.4) is 0 Å². The van der Waals surface area contributed by atoms with Gasteiger partial charge in [-0.3, -0.25) is 0 Å². The predicted octanol–water partition coefficient (Wildman–Crippen LogP) is -0.538. The Labute approximate surface area is 90.5 Å². The van der Waals surface area contributed by atoms with E-state index in [1.807, 2.05) is 0 Å². The minimum Gasteiger partial charge on any atom is -0.477 e. The highest BCUT2D eigenvalue weighted by atomic mass is 16.4. The van der Waals surface area contributed by atoms with Crippen LogP contribution in [0.4, 0.5) is 0 Å². The second kappa shape index (κ2) is 3.72. The minimum absolute atomic E-state index is 0.116. The number of hydrogen-bond acceptors (Lipinski definition) is 5. The van der Waals surface area contributed by atoms with Gasteiger partial charge in [0, 0.05) is 0 Å². The zero-order valence-corrected chi connectivity index (χ0v) is 8.82. The van der Waals surface area contributed by atoms with Crippen molar-refractivity contribution in [2.75, 3.05) is 0 Å². The van der Waals surface area contributed by atoms with Gasteiger partial charge in [-0.05, 0) is 12.1 Å². The molecule has 0 aromatic carbocycles. The van der Waals surface area contributed by atoms with E-state index in [2.05, 4.69) is 20.4 Å². The fourth-order valence-electron chi connectivity index (χ4n) is 1.37. The van der Waals surface area contributed by atoms with E-state index in [1.54, 1.807) is 14.0 Å². The summed E-state index contributed by atoms with van der Waals surface area (Å²) in [6.45, 7) is 1.98. The fourth-order valence-corrected chi connectivity index (χ4v) is 1.37. The molecule has 0 spiro atoms. The molecule has 8 nitrogen and oxygen atoms in total. The van der Waals surface area contributed by atoms with E-state index < -0.39 is 5.97 Å². The maximum atomic E-state index is 10.9. The van der Waals surface area contributed by atoms with E-state index in [0.29, 0.717) is 11.6 Å². The number of aryl methyl sites for hydroxylation is 2. The number of aromatic carboxylic acids is 1. The van der Waals surface area contributed by atoms with Crippen molar-refractivity contribution < 1.29 is 9.90 Å². The first-order valence-corrected chi connectivity index (χ1v) is 4.56. The van der Waals surface area contributed by atoms with Gasteiger partial charge in [0.25, 0.3) is 0 Å². The lowest BCUT2D eigenvalue weighted by Gasteiger charge is -2.03. The molecule has 8 heteroatoms. The summed E-state index contributed by atoms with van der Waals surface area (Å²) in [5.41, 5.74) is 0.116. The Balaban J connectivity index is 2.33. The Morgan fingerprint density at radius 1 is 1.56 bits per heavy atom. The van der Waals surface area contributed by atoms with Crippen LogP contribution in [0, 0.1) is 6.92 Å². The van der Waals surface area contributed by atoms with Crippen LogP contribution in [0.1, 0.15) is 22.1 Å². The molecule has 0 fully saturated rings. The quantitative estimate of drug-likeness (QED) is 0.748. The normalized spacial score (nSPS) is 10.6. The van der Waals surface area contributed by atoms with Crippen LogP contribution in [0.2, 0.25) is 0 Å². The van der Waals surface area contributed by atoms with Crippen molar-refractivity contribution in [2.45, 2.75) is 13.5 Å². The maximum Gasteiger partial charge on any atom is 0.354 e. The monoisotopic (exact) mass is 222 g/mol. The SMILES string of the molecule is Cc1ncc(C(=O)O)n1Cc1nnn(C)n1. The molecule has 1 N–H and O–H groups in total. The van der Waals surface area contributed by atoms with Gasteiger partial charge in [0.15, 0.2) is 5.82 Å². The zero-order chi connectivity index (χ0) is 11.7. The molecule has 2 aromatic rings. The molecular weight excluding hydrogens is 212 g/mol. The molecule has 2 heterocycles. The van der Waals surface area contributed by atoms with E-state index in [-0.39, 0.29) is 12.2 Å². The summed E-state index contributed by atoms with van der Waals surface area (Å²) in [6, 6.07) is 0. The molecule has 0 radical (unpaired) electrons. The van der Waals surface area contributed by atoms with Gasteiger partial charge < -0.3 is 9.67 Å². The van der Waals surface area contributed by atoms with Gasteiger partial charge in [0.1, 0.15) is 11.5 Å². The molecule has 0 bridgehead atoms. The second-order valence-electron chi connectivity index (χ2n) is 3.28. The summed E-state index contributed by atoms with van der Waals surface area (Å²) in [4.78, 5) is 16.2. The van der Waals surface area contributed by atoms with Crippen LogP contribution in [-0.2, 0) is 13.6 Å². The van der Waals surface area contributed by atoms with Gasteiger partial charge in [-0.25, -0.2) is 9.78 Å². The highest BCUT2D eigenvalue weighted by Gasteiger charge is 2.14. The third-order valence-corrected chi connectivity index (χ3v) is 2.12. The summed E-state index contributed by atoms with van der Waals surface area (Å²) < 4.78 is 1.53. The first-order valence-electron chi connectivity index (χ1n) is 4.56. The zero-order valence-electron chi connectivity index (χ0n) is 8.82. The highest BCUT2D eigenvalue weighted by molar-refractivity contribution is 5.85. The number of rotatable bonds is 3. The largest absolute Gasteiger partial charge is 0.477 e. The average Bonchev–Trinajstić information content (AvgIpc) is 2.76. The number of carbonyl (C=O) groups is 1. The highest BCUT2D eigenvalue weighted by Crippen LogP contribution is 2.06. The van der Waals surface area contributed by atoms with Gasteiger partial charge in [-0.15, -0.1) is 10.2 Å². The Bertz CT molecular complexity index is 528. The molecule has 0 amide bonds. The molecular formula is C8H10N6O2. The van der Waals surface area contributed by atoms with Crippen LogP contribution in [0.25, 0.3) is 0 Å². The van der Waals surface area contributed by atoms with Crippen molar-refractivity contribution in [1.82, 2.24) is 29.8 Å². The third-order valence-electron chi connectivity index (χ3n) is 2.12. The first kappa shape index (κ1) is 10.3. The molecule has 0 unspecified atom stereocenters. The fraction of sp³-hybridized carbons (Fsp3) is 0.375. The predicted molar refractivity (Wildman–Crippen MR) is 51.8 cm³/mol. The average molecular weight is 222 g/mol. The maximum absolute atomic E-state index is 10.9. The molecule has 0 aliphatic rings. The summed E-state index contributed by atoms with van der Waals surface area (Å²) in [5, 5.41) is 20.4. The Kier molecular flexibility index (Phi) is 2.39. The molecule has 16 heavy (non-hydrogen) atoms. The lowest BCUT2D eigenvalue weighted by atomic mass is 10.4. The van der Waals surface area contributed by atoms with Gasteiger partial charge >= 0.3 is 5.97 Å². The topological polar surface area (TPSA) is 98.7 Å². The molecule has 84 valence electrons. The van der Waals surface area contributed by atoms with Crippen molar-refractivity contribution in [2.24, 2.45) is 7.05 Å². The Morgan fingerprint density at radius 3 is 2.88 bits per heavy atom. The number of carboxylic acid groups (broad SMARTS) is 1. The minimum atomic E-state index is -1.02. The van der Waals surface area contributed by atoms with E-state index in [1.165, 1.54) is 15.6 Å². The van der Waals surface area contributed by atoms with Gasteiger partial charge in [-0.2, -0.15) is 4.80 Å². The number of hydrogen-bond donors (Lipinski definition) is 1. The molecule has 0 aliphatic carbocycles. The summed E-state index contributed by atoms with van der Waals surface area (Å²) in [7, 11) is 1.65. The summed E-state index contributed by atoms with van der Waals surface area (Å²) in [6.07, 6.45) is 1.31. The molecule has 0 aliphatic heterocycles. The van der Waals surface area contributed by atoms with Crippen LogP contribution in [0.5, 0.6) is 0 Å². The Hall–Kier alpha value is -2.25. The van der Waals surface area contributed by atoms with E-state index >= 15 is 0 Å². The van der Waals surface area contributed by atoms with Crippen molar-refractivity contribution in [3.63, 3.8) is 0 Å². The lowest BCUT2D eigenvalue weighted by molar-refractivity contribution is 0.0685. The van der Waals surface area contributed by atoms with Gasteiger partial charge in [0.2, 0.25) is 0 Å². The van der Waals surface area contributed by atoms with Crippen molar-refractivity contribution in [3.8, 4) is 0 Å². The van der Waals surface area contributed by atoms with Gasteiger partial charge in [0.05, 0.1) is 19.8 Å². The number of aromatic nitrogens is 6. The molecule has 2 rings (SSSR count). The van der Waals surface area contributed by atoms with Crippen LogP contribution in [0.15, 0.2) is 6.20 Å². The molecule has 0 saturated carbocycles. The molecule has 0 atom stereocenters. The smallest absolute Gasteiger partial charge is 0.354 e. The first-order chi connectivity index (χ1) is 7.58. The molecule has 0 saturated heterocycles. The third kappa shape index (κ3) is 1.76. The van der Waals surface area contributed by atoms with Crippen molar-refractivity contribution in [3.05, 3.63) is 23.5 Å². The second-order valence-corrected chi connectivity index (χ2v) is 3.28. The van der Waals surface area contributed by atoms with E-state index in [9.17, 15) is 4.79 Å². The lowest BCUT2D eigenvalue weighted by Crippen LogP contribution is -2.12. The van der Waals surface area contributed by atoms with E-state index in [4.69, 9.17) is 5.11 Å². The van der Waals surface area contributed by atoms with E-state index in [0.717, 1.165) is 0 Å². The number of tetrazole rings is 1. The molecule has 2 aromatic heterocycles. The number of carboxylic acids is 1.